The quantitative estimate of drug-likeness (QED) is 0.484. The van der Waals surface area contributed by atoms with Gasteiger partial charge in [0.05, 0.1) is 29.4 Å². The number of dihydropyridines is 1. The molecule has 2 N–H and O–H groups in total. The molecule has 224 valence electrons. The van der Waals surface area contributed by atoms with Crippen molar-refractivity contribution in [2.45, 2.75) is 68.9 Å². The number of amides is 2. The first-order chi connectivity index (χ1) is 19.8. The Morgan fingerprint density at radius 3 is 2.64 bits per heavy atom. The first-order valence-electron chi connectivity index (χ1n) is 13.9. The van der Waals surface area contributed by atoms with Crippen molar-refractivity contribution in [3.63, 3.8) is 0 Å². The number of nitriles is 1. The maximum Gasteiger partial charge on any atom is 0.410 e. The second-order valence-corrected chi connectivity index (χ2v) is 13.8. The van der Waals surface area contributed by atoms with Crippen LogP contribution in [0.15, 0.2) is 44.9 Å². The molecule has 0 bridgehead atoms. The molecular formula is C28H34FN7O5S. The number of hydrogen-bond donors (Lipinski definition) is 2. The van der Waals surface area contributed by atoms with Crippen molar-refractivity contribution >= 4 is 39.8 Å². The standard InChI is InChI=1S/C28H34FN7O5S/c1-27(2,3)41-26(38)35-14-10-28(9-12-30,11-15-35)36-21-8-13-31-25(37)23(21)24(34-36)33-19-6-7-22(20(29)16-19)42(39,40)32-17-18-4-5-18/h6-8,13,16,18,23,32H,4-5,9-11,14-15,17H2,1-3H3,(H,33,34). The topological polar surface area (TPSA) is 157 Å². The van der Waals surface area contributed by atoms with E-state index in [0.29, 0.717) is 31.6 Å². The average Bonchev–Trinajstić information content (AvgIpc) is 3.67. The monoisotopic (exact) mass is 599 g/mol. The van der Waals surface area contributed by atoms with Crippen molar-refractivity contribution in [3.05, 3.63) is 35.8 Å². The van der Waals surface area contributed by atoms with Crippen LogP contribution in [0.2, 0.25) is 0 Å². The highest BCUT2D eigenvalue weighted by atomic mass is 32.2. The highest BCUT2D eigenvalue weighted by molar-refractivity contribution is 7.89. The van der Waals surface area contributed by atoms with Gasteiger partial charge in [-0.1, -0.05) is 0 Å². The summed E-state index contributed by atoms with van der Waals surface area (Å²) < 4.78 is 48.1. The molecule has 2 amide bonds. The van der Waals surface area contributed by atoms with Crippen LogP contribution < -0.4 is 10.1 Å². The number of benzene rings is 1. The van der Waals surface area contributed by atoms with Gasteiger partial charge >= 0.3 is 6.09 Å². The first-order valence-corrected chi connectivity index (χ1v) is 15.4. The zero-order valence-electron chi connectivity index (χ0n) is 23.8. The van der Waals surface area contributed by atoms with Gasteiger partial charge in [-0.25, -0.2) is 32.3 Å². The molecule has 2 saturated heterocycles. The number of fused-ring (bicyclic) bond motifs is 1. The molecule has 1 saturated carbocycles. The summed E-state index contributed by atoms with van der Waals surface area (Å²) in [6.07, 6.45) is 5.43. The Bertz CT molecular complexity index is 1510. The van der Waals surface area contributed by atoms with Crippen molar-refractivity contribution in [1.82, 2.24) is 20.1 Å². The summed E-state index contributed by atoms with van der Waals surface area (Å²) in [5.74, 6) is -1.90. The minimum Gasteiger partial charge on any atom is -0.444 e. The number of carbonyl (C=O) groups excluding carboxylic acids is 2. The molecule has 0 aromatic heterocycles. The van der Waals surface area contributed by atoms with Crippen LogP contribution in [0.25, 0.3) is 0 Å². The zero-order valence-corrected chi connectivity index (χ0v) is 24.6. The third-order valence-electron chi connectivity index (χ3n) is 7.69. The van der Waals surface area contributed by atoms with Crippen LogP contribution in [0.4, 0.5) is 14.9 Å². The third-order valence-corrected chi connectivity index (χ3v) is 9.15. The highest BCUT2D eigenvalue weighted by Crippen LogP contribution is 2.40. The number of carbonyl (C=O) groups is 2. The van der Waals surface area contributed by atoms with E-state index in [4.69, 9.17) is 4.74 Å². The number of sulfonamides is 1. The predicted octanol–water partition coefficient (Wildman–Crippen LogP) is 3.16. The molecule has 1 aromatic carbocycles. The number of halogens is 1. The lowest BCUT2D eigenvalue weighted by Crippen LogP contribution is -2.58. The minimum absolute atomic E-state index is 0.0971. The van der Waals surface area contributed by atoms with Crippen LogP contribution in [-0.2, 0) is 19.6 Å². The van der Waals surface area contributed by atoms with Gasteiger partial charge in [0.15, 0.2) is 0 Å². The molecule has 0 spiro atoms. The van der Waals surface area contributed by atoms with Crippen LogP contribution in [0.3, 0.4) is 0 Å². The van der Waals surface area contributed by atoms with E-state index in [0.717, 1.165) is 25.0 Å². The predicted molar refractivity (Wildman–Crippen MR) is 151 cm³/mol. The molecule has 14 heteroatoms. The van der Waals surface area contributed by atoms with Gasteiger partial charge in [0.25, 0.3) is 5.91 Å². The van der Waals surface area contributed by atoms with Crippen LogP contribution >= 0.6 is 0 Å². The normalized spacial score (nSPS) is 22.8. The number of hydrazine groups is 1. The van der Waals surface area contributed by atoms with Gasteiger partial charge in [-0.15, -0.1) is 0 Å². The molecule has 12 nitrogen and oxygen atoms in total. The summed E-state index contributed by atoms with van der Waals surface area (Å²) in [7, 11) is -4.02. The summed E-state index contributed by atoms with van der Waals surface area (Å²) in [6.45, 7) is 6.31. The Balaban J connectivity index is 1.40. The van der Waals surface area contributed by atoms with E-state index in [1.807, 2.05) is 0 Å². The van der Waals surface area contributed by atoms with E-state index in [9.17, 15) is 23.3 Å². The van der Waals surface area contributed by atoms with Crippen LogP contribution in [0.5, 0.6) is 0 Å². The molecule has 3 fully saturated rings. The van der Waals surface area contributed by atoms with E-state index in [-0.39, 0.29) is 30.4 Å². The van der Waals surface area contributed by atoms with E-state index in [1.54, 1.807) is 36.8 Å². The molecule has 5 rings (SSSR count). The van der Waals surface area contributed by atoms with Crippen molar-refractivity contribution in [2.24, 2.45) is 21.8 Å². The van der Waals surface area contributed by atoms with Gasteiger partial charge in [-0.05, 0) is 70.6 Å². The van der Waals surface area contributed by atoms with Crippen molar-refractivity contribution in [3.8, 4) is 6.07 Å². The summed E-state index contributed by atoms with van der Waals surface area (Å²) >= 11 is 0. The van der Waals surface area contributed by atoms with Crippen LogP contribution in [0.1, 0.15) is 52.9 Å². The fourth-order valence-electron chi connectivity index (χ4n) is 5.27. The van der Waals surface area contributed by atoms with Crippen molar-refractivity contribution in [1.29, 1.82) is 5.26 Å². The van der Waals surface area contributed by atoms with E-state index < -0.39 is 49.8 Å². The first kappa shape index (κ1) is 29.7. The molecule has 0 radical (unpaired) electrons. The molecule has 1 aromatic rings. The number of likely N-dealkylation sites (tertiary alicyclic amines) is 1. The van der Waals surface area contributed by atoms with Crippen molar-refractivity contribution in [2.75, 3.05) is 19.6 Å². The molecule has 1 atom stereocenters. The van der Waals surface area contributed by atoms with Gasteiger partial charge in [-0.3, -0.25) is 15.2 Å². The number of nitrogens with zero attached hydrogens (tertiary/aromatic N) is 5. The number of allylic oxidation sites excluding steroid dienone is 1. The fourth-order valence-corrected chi connectivity index (χ4v) is 6.45. The van der Waals surface area contributed by atoms with Crippen LogP contribution in [-0.4, -0.2) is 73.2 Å². The third kappa shape index (κ3) is 6.17. The van der Waals surface area contributed by atoms with E-state index >= 15 is 4.39 Å². The van der Waals surface area contributed by atoms with Crippen LogP contribution in [0, 0.1) is 29.0 Å². The van der Waals surface area contributed by atoms with Gasteiger partial charge in [0, 0.05) is 31.9 Å². The number of nitrogens with one attached hydrogen (secondary N) is 2. The number of rotatable bonds is 7. The Morgan fingerprint density at radius 2 is 2.02 bits per heavy atom. The van der Waals surface area contributed by atoms with E-state index in [2.05, 4.69) is 26.2 Å². The molecule has 4 aliphatic rings. The Hall–Kier alpha value is -3.83. The lowest BCUT2D eigenvalue weighted by Gasteiger charge is -2.47. The second-order valence-electron chi connectivity index (χ2n) is 12.0. The number of aliphatic imine (C=N–C) groups is 2. The Kier molecular flexibility index (Phi) is 7.84. The highest BCUT2D eigenvalue weighted by Gasteiger charge is 2.50. The Labute approximate surface area is 244 Å². The Morgan fingerprint density at radius 1 is 1.31 bits per heavy atom. The van der Waals surface area contributed by atoms with Crippen molar-refractivity contribution < 1.29 is 27.1 Å². The van der Waals surface area contributed by atoms with Gasteiger partial charge in [0.2, 0.25) is 10.0 Å². The van der Waals surface area contributed by atoms with Gasteiger partial charge in [0.1, 0.15) is 28.1 Å². The molecule has 3 aliphatic heterocycles. The smallest absolute Gasteiger partial charge is 0.410 e. The SMILES string of the molecule is CC(C)(C)OC(=O)N1CCC(CC#N)(N2NC(=Nc3ccc(S(=O)(=O)NCC4CC4)c(F)c3)C3C(=O)N=CC=C32)CC1. The number of amidine groups is 1. The number of piperidine rings is 1. The summed E-state index contributed by atoms with van der Waals surface area (Å²) in [5.41, 5.74) is 2.39. The maximum atomic E-state index is 15.0. The summed E-state index contributed by atoms with van der Waals surface area (Å²) in [5, 5.41) is 11.5. The maximum absolute atomic E-state index is 15.0. The number of ether oxygens (including phenoxy) is 1. The molecular weight excluding hydrogens is 565 g/mol. The summed E-state index contributed by atoms with van der Waals surface area (Å²) in [6, 6.07) is 5.77. The molecule has 42 heavy (non-hydrogen) atoms. The molecule has 3 heterocycles. The van der Waals surface area contributed by atoms with Gasteiger partial charge < -0.3 is 9.64 Å². The molecule has 1 unspecified atom stereocenters. The van der Waals surface area contributed by atoms with E-state index in [1.165, 1.54) is 12.3 Å². The average molecular weight is 600 g/mol. The molecule has 1 aliphatic carbocycles. The van der Waals surface area contributed by atoms with Gasteiger partial charge in [-0.2, -0.15) is 5.26 Å². The minimum atomic E-state index is -4.02. The lowest BCUT2D eigenvalue weighted by atomic mass is 9.83. The lowest BCUT2D eigenvalue weighted by molar-refractivity contribution is -0.119. The number of hydrogen-bond acceptors (Lipinski definition) is 8. The summed E-state index contributed by atoms with van der Waals surface area (Å²) in [4.78, 5) is 35.1. The largest absolute Gasteiger partial charge is 0.444 e. The zero-order chi connectivity index (χ0) is 30.3. The second kappa shape index (κ2) is 11.1. The fraction of sp³-hybridized carbons (Fsp3) is 0.536.